The second kappa shape index (κ2) is 9.49. The van der Waals surface area contributed by atoms with Gasteiger partial charge in [0.25, 0.3) is 0 Å². The Bertz CT molecular complexity index is 1600. The number of nitrogens with one attached hydrogen (secondary N) is 2. The summed E-state index contributed by atoms with van der Waals surface area (Å²) in [7, 11) is 0. The lowest BCUT2D eigenvalue weighted by molar-refractivity contribution is -0.117. The minimum absolute atomic E-state index is 0.0736. The lowest BCUT2D eigenvalue weighted by atomic mass is 10.1. The van der Waals surface area contributed by atoms with E-state index in [1.165, 1.54) is 6.33 Å². The summed E-state index contributed by atoms with van der Waals surface area (Å²) in [6.45, 7) is 1.21. The van der Waals surface area contributed by atoms with Crippen molar-refractivity contribution in [1.29, 1.82) is 0 Å². The topological polar surface area (TPSA) is 127 Å². The Morgan fingerprint density at radius 2 is 2.03 bits per heavy atom. The van der Waals surface area contributed by atoms with E-state index in [1.54, 1.807) is 15.5 Å². The Labute approximate surface area is 228 Å². The van der Waals surface area contributed by atoms with Crippen LogP contribution in [0.4, 0.5) is 22.1 Å². The zero-order valence-electron chi connectivity index (χ0n) is 20.9. The van der Waals surface area contributed by atoms with Crippen LogP contribution >= 0.6 is 11.6 Å². The maximum absolute atomic E-state index is 12.8. The molecule has 11 nitrogen and oxygen atoms in total. The summed E-state index contributed by atoms with van der Waals surface area (Å²) < 4.78 is 6.89. The zero-order valence-corrected chi connectivity index (χ0v) is 21.6. The highest BCUT2D eigenvalue weighted by atomic mass is 35.5. The van der Waals surface area contributed by atoms with Crippen LogP contribution in [0.3, 0.4) is 0 Å². The first kappa shape index (κ1) is 23.8. The molecule has 1 aliphatic heterocycles. The van der Waals surface area contributed by atoms with Gasteiger partial charge in [-0.15, -0.1) is 0 Å². The van der Waals surface area contributed by atoms with Gasteiger partial charge in [-0.05, 0) is 48.9 Å². The number of carbonyl (C=O) groups is 2. The van der Waals surface area contributed by atoms with E-state index < -0.39 is 0 Å². The summed E-state index contributed by atoms with van der Waals surface area (Å²) in [5, 5.41) is 11.6. The third-order valence-electron chi connectivity index (χ3n) is 7.29. The van der Waals surface area contributed by atoms with Crippen LogP contribution in [0.5, 0.6) is 0 Å². The Kier molecular flexibility index (Phi) is 5.80. The van der Waals surface area contributed by atoms with Crippen molar-refractivity contribution >= 4 is 46.6 Å². The number of hydrogen-bond acceptors (Lipinski definition) is 8. The average molecular weight is 545 g/mol. The third kappa shape index (κ3) is 4.85. The summed E-state index contributed by atoms with van der Waals surface area (Å²) in [5.74, 6) is 1.38. The van der Waals surface area contributed by atoms with Gasteiger partial charge in [0.05, 0.1) is 36.4 Å². The van der Waals surface area contributed by atoms with Crippen molar-refractivity contribution in [1.82, 2.24) is 24.6 Å². The molecule has 198 valence electrons. The first-order valence-corrected chi connectivity index (χ1v) is 13.4. The number of cyclic esters (lactones) is 1. The summed E-state index contributed by atoms with van der Waals surface area (Å²) in [5.41, 5.74) is 4.08. The molecule has 7 rings (SSSR count). The highest BCUT2D eigenvalue weighted by molar-refractivity contribution is 6.30. The fourth-order valence-corrected chi connectivity index (χ4v) is 5.21. The third-order valence-corrected chi connectivity index (χ3v) is 7.53. The maximum Gasteiger partial charge on any atom is 0.414 e. The van der Waals surface area contributed by atoms with Crippen molar-refractivity contribution in [3.8, 4) is 0 Å². The summed E-state index contributed by atoms with van der Waals surface area (Å²) in [4.78, 5) is 39.9. The molecule has 0 spiro atoms. The van der Waals surface area contributed by atoms with Crippen molar-refractivity contribution in [2.45, 2.75) is 37.6 Å². The van der Waals surface area contributed by atoms with E-state index in [-0.39, 0.29) is 23.8 Å². The molecule has 0 unspecified atom stereocenters. The van der Waals surface area contributed by atoms with Gasteiger partial charge in [0, 0.05) is 22.9 Å². The number of rotatable bonds is 8. The van der Waals surface area contributed by atoms with Crippen LogP contribution in [-0.4, -0.2) is 49.7 Å². The molecule has 12 heteroatoms. The van der Waals surface area contributed by atoms with E-state index in [0.29, 0.717) is 53.6 Å². The van der Waals surface area contributed by atoms with Crippen LogP contribution in [0.2, 0.25) is 5.02 Å². The number of aromatic nitrogens is 5. The molecule has 2 N–H and O–H groups in total. The van der Waals surface area contributed by atoms with Gasteiger partial charge in [-0.25, -0.2) is 24.3 Å². The van der Waals surface area contributed by atoms with Crippen LogP contribution in [0.15, 0.2) is 48.9 Å². The fourth-order valence-electron chi connectivity index (χ4n) is 5.01. The minimum Gasteiger partial charge on any atom is -0.447 e. The van der Waals surface area contributed by atoms with Crippen LogP contribution < -0.4 is 15.5 Å². The van der Waals surface area contributed by atoms with Crippen molar-refractivity contribution in [3.63, 3.8) is 0 Å². The molecule has 39 heavy (non-hydrogen) atoms. The van der Waals surface area contributed by atoms with Crippen molar-refractivity contribution in [2.75, 3.05) is 28.7 Å². The Hall–Kier alpha value is -4.25. The van der Waals surface area contributed by atoms with Gasteiger partial charge in [0.1, 0.15) is 24.6 Å². The Morgan fingerprint density at radius 3 is 2.82 bits per heavy atom. The highest BCUT2D eigenvalue weighted by Crippen LogP contribution is 2.48. The molecular weight excluding hydrogens is 520 g/mol. The van der Waals surface area contributed by atoms with E-state index >= 15 is 0 Å². The van der Waals surface area contributed by atoms with Gasteiger partial charge < -0.3 is 15.4 Å². The first-order chi connectivity index (χ1) is 19.0. The number of fused-ring (bicyclic) bond motifs is 1. The van der Waals surface area contributed by atoms with E-state index in [9.17, 15) is 9.59 Å². The van der Waals surface area contributed by atoms with E-state index in [4.69, 9.17) is 26.4 Å². The molecule has 0 radical (unpaired) electrons. The van der Waals surface area contributed by atoms with E-state index in [1.807, 2.05) is 36.5 Å². The molecule has 1 aromatic carbocycles. The quantitative estimate of drug-likeness (QED) is 0.335. The molecule has 3 aromatic heterocycles. The summed E-state index contributed by atoms with van der Waals surface area (Å²) >= 11 is 6.10. The molecule has 0 bridgehead atoms. The Morgan fingerprint density at radius 1 is 1.15 bits per heavy atom. The number of benzene rings is 1. The molecule has 4 heterocycles. The number of ether oxygens (including phenoxy) is 1. The number of halogens is 1. The monoisotopic (exact) mass is 544 g/mol. The SMILES string of the molecule is O=C(Nc1cc(NCc2cn3nc(C4CC4)cc(N4CCOC4=O)c3n2)ncn1)[C@H]1C[C@@H]1c1cccc(Cl)c1. The second-order valence-corrected chi connectivity index (χ2v) is 10.6. The lowest BCUT2D eigenvalue weighted by Crippen LogP contribution is -2.24. The normalized spacial score (nSPS) is 20.2. The van der Waals surface area contributed by atoms with E-state index in [0.717, 1.165) is 36.2 Å². The van der Waals surface area contributed by atoms with Gasteiger partial charge in [0.15, 0.2) is 5.65 Å². The predicted octanol–water partition coefficient (Wildman–Crippen LogP) is 4.36. The van der Waals surface area contributed by atoms with Crippen molar-refractivity contribution in [2.24, 2.45) is 5.92 Å². The molecule has 1 saturated heterocycles. The molecule has 2 aliphatic carbocycles. The molecule has 3 aliphatic rings. The standard InChI is InChI=1S/C27H25ClN8O3/c28-17-3-1-2-16(8-17)19-9-20(19)26(37)33-24-11-23(30-14-31-24)29-12-18-13-36-25(32-18)22(35-6-7-39-27(35)38)10-21(34-36)15-4-5-15/h1-3,8,10-11,13-15,19-20H,4-7,9,12H2,(H2,29,30,31,33,37)/t19-,20+/m1/s1. The number of amides is 2. The molecule has 2 atom stereocenters. The summed E-state index contributed by atoms with van der Waals surface area (Å²) in [6, 6.07) is 11.3. The largest absolute Gasteiger partial charge is 0.447 e. The molecule has 2 saturated carbocycles. The average Bonchev–Trinajstić information content (AvgIpc) is 3.85. The number of carbonyl (C=O) groups excluding carboxylic acids is 2. The smallest absolute Gasteiger partial charge is 0.414 e. The fraction of sp³-hybridized carbons (Fsp3) is 0.333. The van der Waals surface area contributed by atoms with Crippen LogP contribution in [0.25, 0.3) is 5.65 Å². The predicted molar refractivity (Wildman–Crippen MR) is 144 cm³/mol. The van der Waals surface area contributed by atoms with E-state index in [2.05, 4.69) is 20.6 Å². The minimum atomic E-state index is -0.367. The van der Waals surface area contributed by atoms with Gasteiger partial charge in [0.2, 0.25) is 5.91 Å². The number of imidazole rings is 1. The zero-order chi connectivity index (χ0) is 26.5. The lowest BCUT2D eigenvalue weighted by Gasteiger charge is -2.14. The van der Waals surface area contributed by atoms with Gasteiger partial charge >= 0.3 is 6.09 Å². The van der Waals surface area contributed by atoms with Gasteiger partial charge in [-0.1, -0.05) is 23.7 Å². The summed E-state index contributed by atoms with van der Waals surface area (Å²) in [6.07, 6.45) is 5.87. The highest BCUT2D eigenvalue weighted by Gasteiger charge is 2.44. The maximum atomic E-state index is 12.8. The number of nitrogens with zero attached hydrogens (tertiary/aromatic N) is 6. The molecular formula is C27H25ClN8O3. The number of anilines is 3. The first-order valence-electron chi connectivity index (χ1n) is 13.0. The van der Waals surface area contributed by atoms with Crippen molar-refractivity contribution in [3.05, 3.63) is 70.9 Å². The molecule has 2 amide bonds. The van der Waals surface area contributed by atoms with Crippen LogP contribution in [0, 0.1) is 5.92 Å². The van der Waals surface area contributed by atoms with Gasteiger partial charge in [-0.2, -0.15) is 5.10 Å². The number of hydrogen-bond donors (Lipinski definition) is 2. The molecule has 3 fully saturated rings. The van der Waals surface area contributed by atoms with Crippen LogP contribution in [0.1, 0.15) is 48.0 Å². The van der Waals surface area contributed by atoms with Crippen LogP contribution in [-0.2, 0) is 16.1 Å². The molecule has 4 aromatic rings. The van der Waals surface area contributed by atoms with Gasteiger partial charge in [-0.3, -0.25) is 9.69 Å². The second-order valence-electron chi connectivity index (χ2n) is 10.1. The van der Waals surface area contributed by atoms with Crippen molar-refractivity contribution < 1.29 is 14.3 Å². The Balaban J connectivity index is 1.04.